The first-order valence-electron chi connectivity index (χ1n) is 6.69. The molecule has 0 radical (unpaired) electrons. The van der Waals surface area contributed by atoms with Crippen LogP contribution >= 0.6 is 0 Å². The van der Waals surface area contributed by atoms with E-state index in [0.717, 1.165) is 11.6 Å². The molecule has 6 heteroatoms. The fraction of sp³-hybridized carbons (Fsp3) is 0.0588. The Kier molecular flexibility index (Phi) is 4.99. The Balaban J connectivity index is 2.23. The predicted molar refractivity (Wildman–Crippen MR) is 85.7 cm³/mol. The highest BCUT2D eigenvalue weighted by atomic mass is 16.5. The Morgan fingerprint density at radius 1 is 1.17 bits per heavy atom. The number of carbonyl (C=O) groups is 2. The minimum atomic E-state index is -1.27. The third-order valence-electron chi connectivity index (χ3n) is 3.03. The minimum absolute atomic E-state index is 0.0369. The third-order valence-corrected chi connectivity index (χ3v) is 3.03. The van der Waals surface area contributed by atoms with Crippen LogP contribution in [0.5, 0.6) is 11.5 Å². The number of phenolic OH excluding ortho intramolecular Hbond substituents is 1. The van der Waals surface area contributed by atoms with Crippen LogP contribution in [0.1, 0.15) is 15.9 Å². The molecule has 0 aromatic heterocycles. The molecule has 0 unspecified atom stereocenters. The van der Waals surface area contributed by atoms with Crippen molar-refractivity contribution < 1.29 is 24.5 Å². The highest BCUT2D eigenvalue weighted by molar-refractivity contribution is 6.06. The van der Waals surface area contributed by atoms with E-state index in [-0.39, 0.29) is 22.7 Å². The topological polar surface area (TPSA) is 95.9 Å². The van der Waals surface area contributed by atoms with E-state index < -0.39 is 11.9 Å². The second-order valence-electron chi connectivity index (χ2n) is 4.61. The molecule has 6 nitrogen and oxygen atoms in total. The number of anilines is 1. The van der Waals surface area contributed by atoms with E-state index in [1.807, 2.05) is 30.3 Å². The Hall–Kier alpha value is -3.28. The van der Waals surface area contributed by atoms with E-state index >= 15 is 0 Å². The molecule has 0 aliphatic rings. The van der Waals surface area contributed by atoms with Crippen molar-refractivity contribution in [1.82, 2.24) is 0 Å². The number of hydrogen-bond acceptors (Lipinski definition) is 4. The van der Waals surface area contributed by atoms with Crippen LogP contribution in [-0.2, 0) is 4.79 Å². The van der Waals surface area contributed by atoms with Crippen molar-refractivity contribution in [3.63, 3.8) is 0 Å². The number of nitrogens with one attached hydrogen (secondary N) is 1. The lowest BCUT2D eigenvalue weighted by atomic mass is 10.1. The molecule has 0 fully saturated rings. The highest BCUT2D eigenvalue weighted by Gasteiger charge is 2.16. The molecule has 0 saturated heterocycles. The van der Waals surface area contributed by atoms with Crippen LogP contribution in [0.2, 0.25) is 0 Å². The van der Waals surface area contributed by atoms with E-state index in [2.05, 4.69) is 5.32 Å². The van der Waals surface area contributed by atoms with Crippen molar-refractivity contribution in [2.24, 2.45) is 0 Å². The van der Waals surface area contributed by atoms with Gasteiger partial charge in [0, 0.05) is 18.2 Å². The summed E-state index contributed by atoms with van der Waals surface area (Å²) in [6.07, 6.45) is 2.90. The van der Waals surface area contributed by atoms with Crippen LogP contribution in [0.4, 0.5) is 5.69 Å². The first-order chi connectivity index (χ1) is 11.0. The van der Waals surface area contributed by atoms with Gasteiger partial charge in [-0.3, -0.25) is 4.79 Å². The van der Waals surface area contributed by atoms with Gasteiger partial charge in [0.05, 0.1) is 18.4 Å². The SMILES string of the molecule is COc1cc(NC(=O)/C=C/c2ccccc2)c(C(=O)O)cc1O. The lowest BCUT2D eigenvalue weighted by Gasteiger charge is -2.10. The van der Waals surface area contributed by atoms with Gasteiger partial charge < -0.3 is 20.3 Å². The van der Waals surface area contributed by atoms with Crippen LogP contribution in [0.25, 0.3) is 6.08 Å². The number of carboxylic acids is 1. The predicted octanol–water partition coefficient (Wildman–Crippen LogP) is 2.75. The van der Waals surface area contributed by atoms with E-state index in [9.17, 15) is 14.7 Å². The van der Waals surface area contributed by atoms with Crippen molar-refractivity contribution >= 4 is 23.6 Å². The number of phenols is 1. The van der Waals surface area contributed by atoms with Gasteiger partial charge in [0.15, 0.2) is 11.5 Å². The summed E-state index contributed by atoms with van der Waals surface area (Å²) in [5.41, 5.74) is 0.643. The van der Waals surface area contributed by atoms with Gasteiger partial charge in [-0.25, -0.2) is 4.79 Å². The standard InChI is InChI=1S/C17H15NO5/c1-23-15-10-13(12(17(21)22)9-14(15)19)18-16(20)8-7-11-5-3-2-4-6-11/h2-10,19H,1H3,(H,18,20)(H,21,22)/b8-7+. The van der Waals surface area contributed by atoms with E-state index in [0.29, 0.717) is 0 Å². The van der Waals surface area contributed by atoms with Gasteiger partial charge >= 0.3 is 5.97 Å². The average molecular weight is 313 g/mol. The largest absolute Gasteiger partial charge is 0.504 e. The van der Waals surface area contributed by atoms with Crippen LogP contribution < -0.4 is 10.1 Å². The lowest BCUT2D eigenvalue weighted by Crippen LogP contribution is -2.12. The first-order valence-corrected chi connectivity index (χ1v) is 6.69. The quantitative estimate of drug-likeness (QED) is 0.582. The number of ether oxygens (including phenoxy) is 1. The summed E-state index contributed by atoms with van der Waals surface area (Å²) in [5.74, 6) is -2.02. The zero-order chi connectivity index (χ0) is 16.8. The smallest absolute Gasteiger partial charge is 0.337 e. The summed E-state index contributed by atoms with van der Waals surface area (Å²) in [4.78, 5) is 23.2. The van der Waals surface area contributed by atoms with Gasteiger partial charge in [-0.2, -0.15) is 0 Å². The summed E-state index contributed by atoms with van der Waals surface area (Å²) in [7, 11) is 1.33. The Morgan fingerprint density at radius 2 is 1.87 bits per heavy atom. The summed E-state index contributed by atoms with van der Waals surface area (Å²) < 4.78 is 4.92. The molecule has 3 N–H and O–H groups in total. The number of carbonyl (C=O) groups excluding carboxylic acids is 1. The van der Waals surface area contributed by atoms with E-state index in [4.69, 9.17) is 9.84 Å². The maximum absolute atomic E-state index is 12.0. The maximum atomic E-state index is 12.0. The summed E-state index contributed by atoms with van der Waals surface area (Å²) >= 11 is 0. The van der Waals surface area contributed by atoms with Gasteiger partial charge in [-0.05, 0) is 11.6 Å². The number of methoxy groups -OCH3 is 1. The average Bonchev–Trinajstić information content (AvgIpc) is 2.55. The van der Waals surface area contributed by atoms with Crippen LogP contribution in [0.3, 0.4) is 0 Å². The third kappa shape index (κ3) is 4.10. The molecule has 1 amide bonds. The van der Waals surface area contributed by atoms with Gasteiger partial charge in [0.25, 0.3) is 0 Å². The molecule has 2 aromatic carbocycles. The molecular formula is C17H15NO5. The van der Waals surface area contributed by atoms with Crippen LogP contribution in [0.15, 0.2) is 48.5 Å². The minimum Gasteiger partial charge on any atom is -0.504 e. The summed E-state index contributed by atoms with van der Waals surface area (Å²) in [6.45, 7) is 0. The molecular weight excluding hydrogens is 298 g/mol. The molecule has 0 saturated carbocycles. The zero-order valence-corrected chi connectivity index (χ0v) is 12.3. The Labute approximate surface area is 132 Å². The number of carboxylic acid groups (broad SMARTS) is 1. The van der Waals surface area contributed by atoms with Crippen LogP contribution in [0, 0.1) is 0 Å². The number of benzene rings is 2. The molecule has 0 aliphatic heterocycles. The maximum Gasteiger partial charge on any atom is 0.337 e. The van der Waals surface area contributed by atoms with Crippen molar-refractivity contribution in [1.29, 1.82) is 0 Å². The molecule has 0 atom stereocenters. The van der Waals surface area contributed by atoms with Crippen molar-refractivity contribution in [2.75, 3.05) is 12.4 Å². The fourth-order valence-corrected chi connectivity index (χ4v) is 1.92. The molecule has 23 heavy (non-hydrogen) atoms. The lowest BCUT2D eigenvalue weighted by molar-refractivity contribution is -0.111. The van der Waals surface area contributed by atoms with Gasteiger partial charge in [-0.1, -0.05) is 30.3 Å². The fourth-order valence-electron chi connectivity index (χ4n) is 1.92. The zero-order valence-electron chi connectivity index (χ0n) is 12.3. The Morgan fingerprint density at radius 3 is 2.48 bits per heavy atom. The molecule has 118 valence electrons. The molecule has 0 heterocycles. The normalized spacial score (nSPS) is 10.5. The number of amides is 1. The number of aromatic hydroxyl groups is 1. The van der Waals surface area contributed by atoms with E-state index in [1.165, 1.54) is 19.3 Å². The Bertz CT molecular complexity index is 753. The first kappa shape index (κ1) is 16.1. The van der Waals surface area contributed by atoms with Gasteiger partial charge in [0.2, 0.25) is 5.91 Å². The van der Waals surface area contributed by atoms with Crippen molar-refractivity contribution in [3.8, 4) is 11.5 Å². The summed E-state index contributed by atoms with van der Waals surface area (Å²) in [6, 6.07) is 11.5. The van der Waals surface area contributed by atoms with Gasteiger partial charge in [-0.15, -0.1) is 0 Å². The number of aromatic carboxylic acids is 1. The van der Waals surface area contributed by atoms with Gasteiger partial charge in [0.1, 0.15) is 0 Å². The molecule has 2 rings (SSSR count). The summed E-state index contributed by atoms with van der Waals surface area (Å²) in [5, 5.41) is 21.3. The van der Waals surface area contributed by atoms with Crippen molar-refractivity contribution in [2.45, 2.75) is 0 Å². The second kappa shape index (κ2) is 7.13. The number of hydrogen-bond donors (Lipinski definition) is 3. The van der Waals surface area contributed by atoms with Crippen LogP contribution in [-0.4, -0.2) is 29.2 Å². The molecule has 0 spiro atoms. The monoisotopic (exact) mass is 313 g/mol. The van der Waals surface area contributed by atoms with Crippen molar-refractivity contribution in [3.05, 3.63) is 59.7 Å². The second-order valence-corrected chi connectivity index (χ2v) is 4.61. The molecule has 0 aliphatic carbocycles. The number of rotatable bonds is 5. The molecule has 2 aromatic rings. The highest BCUT2D eigenvalue weighted by Crippen LogP contribution is 2.32. The molecule has 0 bridgehead atoms. The van der Waals surface area contributed by atoms with E-state index in [1.54, 1.807) is 6.08 Å².